The number of hydrogen-bond donors (Lipinski definition) is 5. The zero-order valence-corrected chi connectivity index (χ0v) is 23.8. The Bertz CT molecular complexity index is 1460. The van der Waals surface area contributed by atoms with Crippen molar-refractivity contribution in [3.05, 3.63) is 114 Å². The molecule has 0 saturated carbocycles. The summed E-state index contributed by atoms with van der Waals surface area (Å²) in [4.78, 5) is 42.4. The van der Waals surface area contributed by atoms with Gasteiger partial charge in [-0.15, -0.1) is 0 Å². The van der Waals surface area contributed by atoms with Gasteiger partial charge in [-0.1, -0.05) is 72.8 Å². The van der Waals surface area contributed by atoms with Gasteiger partial charge in [0.15, 0.2) is 0 Å². The van der Waals surface area contributed by atoms with Crippen LogP contribution < -0.4 is 16.0 Å². The number of unbranched alkanes of at least 4 members (excludes halogenated alkanes) is 1. The van der Waals surface area contributed by atoms with Gasteiger partial charge in [-0.05, 0) is 59.4 Å². The first kappa shape index (κ1) is 30.8. The standard InChI is InChI=1S/C34H36N4O5/c39-28-18-12-24(13-19-28)22-30(37-32(40)11-5-7-21-36-31-10-4-6-20-35-31)34(43)38-29(23-33(41)42)27-16-14-26(15-17-27)25-8-2-1-3-9-25/h1-4,6,8-10,12-20,29-30,39H,5,7,11,21-23H2,(H,35,36)(H,37,40)(H,38,43)(H,41,42)/t29?,30-/m1/s1. The maximum absolute atomic E-state index is 13.6. The van der Waals surface area contributed by atoms with Crippen molar-refractivity contribution in [2.24, 2.45) is 0 Å². The van der Waals surface area contributed by atoms with Crippen LogP contribution in [0, 0.1) is 0 Å². The number of nitrogens with zero attached hydrogens (tertiary/aromatic N) is 1. The van der Waals surface area contributed by atoms with E-state index < -0.39 is 24.0 Å². The van der Waals surface area contributed by atoms with Gasteiger partial charge in [0, 0.05) is 25.6 Å². The molecule has 222 valence electrons. The van der Waals surface area contributed by atoms with Crippen molar-refractivity contribution in [2.45, 2.75) is 44.2 Å². The number of benzene rings is 3. The van der Waals surface area contributed by atoms with Crippen molar-refractivity contribution in [1.29, 1.82) is 0 Å². The monoisotopic (exact) mass is 580 g/mol. The molecule has 0 aliphatic heterocycles. The lowest BCUT2D eigenvalue weighted by Crippen LogP contribution is -2.49. The third-order valence-electron chi connectivity index (χ3n) is 6.94. The summed E-state index contributed by atoms with van der Waals surface area (Å²) < 4.78 is 0. The Kier molecular flexibility index (Phi) is 11.2. The Morgan fingerprint density at radius 2 is 1.47 bits per heavy atom. The summed E-state index contributed by atoms with van der Waals surface area (Å²) in [7, 11) is 0. The van der Waals surface area contributed by atoms with Gasteiger partial charge < -0.3 is 26.2 Å². The quantitative estimate of drug-likeness (QED) is 0.123. The number of carboxylic acid groups (broad SMARTS) is 1. The number of aromatic nitrogens is 1. The number of amides is 2. The minimum Gasteiger partial charge on any atom is -0.508 e. The number of carbonyl (C=O) groups is 3. The van der Waals surface area contributed by atoms with Crippen molar-refractivity contribution in [2.75, 3.05) is 11.9 Å². The number of carbonyl (C=O) groups excluding carboxylic acids is 2. The second-order valence-corrected chi connectivity index (χ2v) is 10.2. The van der Waals surface area contributed by atoms with Crippen LogP contribution in [0.3, 0.4) is 0 Å². The molecule has 0 aliphatic carbocycles. The molecule has 1 aromatic heterocycles. The molecule has 1 unspecified atom stereocenters. The molecule has 0 bridgehead atoms. The van der Waals surface area contributed by atoms with E-state index in [2.05, 4.69) is 20.9 Å². The third-order valence-corrected chi connectivity index (χ3v) is 6.94. The van der Waals surface area contributed by atoms with Gasteiger partial charge >= 0.3 is 5.97 Å². The van der Waals surface area contributed by atoms with Crippen molar-refractivity contribution in [3.63, 3.8) is 0 Å². The number of hydrogen-bond acceptors (Lipinski definition) is 6. The molecule has 5 N–H and O–H groups in total. The number of phenols is 1. The summed E-state index contributed by atoms with van der Waals surface area (Å²) in [6.45, 7) is 0.654. The van der Waals surface area contributed by atoms with Gasteiger partial charge in [-0.3, -0.25) is 14.4 Å². The Hall–Kier alpha value is -5.18. The Morgan fingerprint density at radius 3 is 2.14 bits per heavy atom. The maximum atomic E-state index is 13.6. The van der Waals surface area contributed by atoms with Gasteiger partial charge in [0.25, 0.3) is 0 Å². The van der Waals surface area contributed by atoms with Crippen LogP contribution in [0.5, 0.6) is 5.75 Å². The van der Waals surface area contributed by atoms with E-state index in [4.69, 9.17) is 0 Å². The zero-order valence-electron chi connectivity index (χ0n) is 23.8. The highest BCUT2D eigenvalue weighted by molar-refractivity contribution is 5.88. The molecule has 0 radical (unpaired) electrons. The minimum atomic E-state index is -1.06. The molecule has 2 amide bonds. The van der Waals surface area contributed by atoms with Crippen molar-refractivity contribution in [1.82, 2.24) is 15.6 Å². The topological polar surface area (TPSA) is 141 Å². The smallest absolute Gasteiger partial charge is 0.305 e. The molecule has 4 rings (SSSR count). The first-order valence-electron chi connectivity index (χ1n) is 14.3. The van der Waals surface area contributed by atoms with Crippen LogP contribution in [0.25, 0.3) is 11.1 Å². The molecule has 9 nitrogen and oxygen atoms in total. The predicted molar refractivity (Wildman–Crippen MR) is 165 cm³/mol. The van der Waals surface area contributed by atoms with Crippen molar-refractivity contribution < 1.29 is 24.6 Å². The van der Waals surface area contributed by atoms with Gasteiger partial charge in [0.2, 0.25) is 11.8 Å². The summed E-state index contributed by atoms with van der Waals surface area (Å²) in [5, 5.41) is 28.2. The summed E-state index contributed by atoms with van der Waals surface area (Å²) in [5.74, 6) is -0.969. The highest BCUT2D eigenvalue weighted by Crippen LogP contribution is 2.24. The second-order valence-electron chi connectivity index (χ2n) is 10.2. The van der Waals surface area contributed by atoms with Crippen LogP contribution in [0.2, 0.25) is 0 Å². The summed E-state index contributed by atoms with van der Waals surface area (Å²) in [6, 6.07) is 27.5. The number of pyridine rings is 1. The van der Waals surface area contributed by atoms with Crippen LogP contribution >= 0.6 is 0 Å². The predicted octanol–water partition coefficient (Wildman–Crippen LogP) is 5.10. The highest BCUT2D eigenvalue weighted by Gasteiger charge is 2.26. The summed E-state index contributed by atoms with van der Waals surface area (Å²) in [6.07, 6.45) is 3.12. The number of aromatic hydroxyl groups is 1. The molecule has 3 aromatic carbocycles. The SMILES string of the molecule is O=C(O)CC(NC(=O)[C@@H](Cc1ccc(O)cc1)NC(=O)CCCCNc1ccccn1)c1ccc(-c2ccccc2)cc1. The Morgan fingerprint density at radius 1 is 0.767 bits per heavy atom. The fraction of sp³-hybridized carbons (Fsp3) is 0.235. The summed E-state index contributed by atoms with van der Waals surface area (Å²) >= 11 is 0. The van der Waals surface area contributed by atoms with Crippen LogP contribution in [-0.2, 0) is 20.8 Å². The average molecular weight is 581 g/mol. The fourth-order valence-corrected chi connectivity index (χ4v) is 4.68. The number of nitrogens with one attached hydrogen (secondary N) is 3. The molecule has 2 atom stereocenters. The zero-order chi connectivity index (χ0) is 30.4. The maximum Gasteiger partial charge on any atom is 0.305 e. The molecule has 43 heavy (non-hydrogen) atoms. The lowest BCUT2D eigenvalue weighted by atomic mass is 9.98. The summed E-state index contributed by atoms with van der Waals surface area (Å²) in [5.41, 5.74) is 3.37. The van der Waals surface area contributed by atoms with E-state index in [1.807, 2.05) is 72.8 Å². The molecule has 0 spiro atoms. The van der Waals surface area contributed by atoms with Gasteiger partial charge in [-0.25, -0.2) is 4.98 Å². The van der Waals surface area contributed by atoms with Crippen LogP contribution in [0.1, 0.15) is 42.9 Å². The van der Waals surface area contributed by atoms with Gasteiger partial charge in [0.05, 0.1) is 12.5 Å². The third kappa shape index (κ3) is 10.00. The molecule has 1 heterocycles. The van der Waals surface area contributed by atoms with Crippen LogP contribution in [0.4, 0.5) is 5.82 Å². The number of rotatable bonds is 15. The molecular formula is C34H36N4O5. The first-order valence-corrected chi connectivity index (χ1v) is 14.3. The second kappa shape index (κ2) is 15.7. The van der Waals surface area contributed by atoms with E-state index in [-0.39, 0.29) is 30.9 Å². The van der Waals surface area contributed by atoms with Gasteiger partial charge in [0.1, 0.15) is 17.6 Å². The number of anilines is 1. The Balaban J connectivity index is 1.41. The number of aliphatic carboxylic acids is 1. The highest BCUT2D eigenvalue weighted by atomic mass is 16.4. The molecule has 0 fully saturated rings. The van der Waals surface area contributed by atoms with E-state index in [1.165, 1.54) is 12.1 Å². The normalized spacial score (nSPS) is 12.1. The fourth-order valence-electron chi connectivity index (χ4n) is 4.68. The average Bonchev–Trinajstić information content (AvgIpc) is 3.02. The molecule has 9 heteroatoms. The van der Waals surface area contributed by atoms with E-state index in [0.717, 1.165) is 28.9 Å². The first-order chi connectivity index (χ1) is 20.9. The van der Waals surface area contributed by atoms with Gasteiger partial charge in [-0.2, -0.15) is 0 Å². The van der Waals surface area contributed by atoms with E-state index in [9.17, 15) is 24.6 Å². The minimum absolute atomic E-state index is 0.0913. The lowest BCUT2D eigenvalue weighted by Gasteiger charge is -2.23. The molecule has 0 saturated heterocycles. The lowest BCUT2D eigenvalue weighted by molar-refractivity contribution is -0.138. The Labute approximate surface area is 251 Å². The van der Waals surface area contributed by atoms with E-state index in [1.54, 1.807) is 18.3 Å². The molecule has 0 aliphatic rings. The van der Waals surface area contributed by atoms with Crippen molar-refractivity contribution in [3.8, 4) is 16.9 Å². The van der Waals surface area contributed by atoms with E-state index in [0.29, 0.717) is 18.5 Å². The number of phenolic OH excluding ortho intramolecular Hbond substituents is 1. The largest absolute Gasteiger partial charge is 0.508 e. The molecular weight excluding hydrogens is 544 g/mol. The van der Waals surface area contributed by atoms with Crippen LogP contribution in [0.15, 0.2) is 103 Å². The number of carboxylic acids is 1. The van der Waals surface area contributed by atoms with E-state index >= 15 is 0 Å². The van der Waals surface area contributed by atoms with Crippen molar-refractivity contribution >= 4 is 23.6 Å². The van der Waals surface area contributed by atoms with Crippen LogP contribution in [-0.4, -0.2) is 45.6 Å². The molecule has 4 aromatic rings.